The Bertz CT molecular complexity index is 601. The lowest BCUT2D eigenvalue weighted by atomic mass is 10.2. The maximum absolute atomic E-state index is 12.7. The van der Waals surface area contributed by atoms with Gasteiger partial charge in [-0.15, -0.1) is 0 Å². The molecule has 0 atom stereocenters. The molecule has 0 radical (unpaired) electrons. The normalized spacial score (nSPS) is 18.1. The summed E-state index contributed by atoms with van der Waals surface area (Å²) in [5, 5.41) is 0. The van der Waals surface area contributed by atoms with Crippen LogP contribution in [0.25, 0.3) is 0 Å². The van der Waals surface area contributed by atoms with Crippen molar-refractivity contribution in [1.82, 2.24) is 9.21 Å². The molecule has 0 unspecified atom stereocenters. The molecule has 1 aliphatic heterocycles. The summed E-state index contributed by atoms with van der Waals surface area (Å²) >= 11 is 0. The summed E-state index contributed by atoms with van der Waals surface area (Å²) in [6.07, 6.45) is 0.631. The summed E-state index contributed by atoms with van der Waals surface area (Å²) in [5.74, 6) is -0.184. The Kier molecular flexibility index (Phi) is 4.42. The number of carbonyl (C=O) groups is 1. The number of benzene rings is 1. The van der Waals surface area contributed by atoms with E-state index in [0.717, 1.165) is 0 Å². The van der Waals surface area contributed by atoms with Crippen molar-refractivity contribution in [2.45, 2.75) is 17.9 Å². The largest absolute Gasteiger partial charge is 0.345 e. The molecule has 20 heavy (non-hydrogen) atoms. The van der Waals surface area contributed by atoms with Gasteiger partial charge in [0.05, 0.1) is 11.4 Å². The number of nitrogens with zero attached hydrogens (tertiary/aromatic N) is 2. The van der Waals surface area contributed by atoms with Crippen molar-refractivity contribution in [1.29, 1.82) is 0 Å². The quantitative estimate of drug-likeness (QED) is 0.851. The fraction of sp³-hybridized carbons (Fsp3) is 0.462. The maximum Gasteiger partial charge on any atom is 0.243 e. The van der Waals surface area contributed by atoms with Crippen molar-refractivity contribution in [2.24, 2.45) is 5.73 Å². The Morgan fingerprint density at radius 3 is 2.65 bits per heavy atom. The highest BCUT2D eigenvalue weighted by atomic mass is 32.2. The Morgan fingerprint density at radius 2 is 1.95 bits per heavy atom. The number of carbonyl (C=O) groups excluding carboxylic acids is 1. The van der Waals surface area contributed by atoms with Gasteiger partial charge in [0.15, 0.2) is 0 Å². The summed E-state index contributed by atoms with van der Waals surface area (Å²) in [7, 11) is -1.99. The van der Waals surface area contributed by atoms with E-state index in [1.807, 2.05) is 0 Å². The Labute approximate surface area is 119 Å². The van der Waals surface area contributed by atoms with E-state index >= 15 is 0 Å². The standard InChI is InChI=1S/C13H19N3O3S/c1-15-7-4-8-16(10-13(15)17)20(18,19)12-6-3-2-5-11(12)9-14/h2-3,5-6H,4,7-10,14H2,1H3. The van der Waals surface area contributed by atoms with Crippen LogP contribution in [0.4, 0.5) is 0 Å². The second-order valence-corrected chi connectivity index (χ2v) is 6.73. The molecule has 1 heterocycles. The molecule has 1 amide bonds. The third kappa shape index (κ3) is 2.84. The highest BCUT2D eigenvalue weighted by Gasteiger charge is 2.30. The lowest BCUT2D eigenvalue weighted by Gasteiger charge is -2.21. The molecule has 1 aromatic rings. The van der Waals surface area contributed by atoms with Crippen LogP contribution < -0.4 is 5.73 Å². The smallest absolute Gasteiger partial charge is 0.243 e. The molecule has 1 aromatic carbocycles. The van der Waals surface area contributed by atoms with Crippen molar-refractivity contribution in [2.75, 3.05) is 26.7 Å². The van der Waals surface area contributed by atoms with Crippen LogP contribution in [0.2, 0.25) is 0 Å². The van der Waals surface area contributed by atoms with Gasteiger partial charge in [-0.2, -0.15) is 4.31 Å². The van der Waals surface area contributed by atoms with Gasteiger partial charge in [-0.05, 0) is 18.1 Å². The minimum atomic E-state index is -3.68. The Morgan fingerprint density at radius 1 is 1.25 bits per heavy atom. The molecule has 7 heteroatoms. The molecule has 1 saturated heterocycles. The van der Waals surface area contributed by atoms with Crippen molar-refractivity contribution in [3.05, 3.63) is 29.8 Å². The summed E-state index contributed by atoms with van der Waals surface area (Å²) < 4.78 is 26.6. The van der Waals surface area contributed by atoms with Crippen LogP contribution in [0.15, 0.2) is 29.2 Å². The van der Waals surface area contributed by atoms with Gasteiger partial charge in [-0.3, -0.25) is 4.79 Å². The number of sulfonamides is 1. The number of nitrogens with two attached hydrogens (primary N) is 1. The average Bonchev–Trinajstić information content (AvgIpc) is 2.61. The van der Waals surface area contributed by atoms with Gasteiger partial charge in [-0.1, -0.05) is 18.2 Å². The first-order valence-corrected chi connectivity index (χ1v) is 7.93. The van der Waals surface area contributed by atoms with E-state index in [2.05, 4.69) is 0 Å². The molecular weight excluding hydrogens is 278 g/mol. The number of likely N-dealkylation sites (N-methyl/N-ethyl adjacent to an activating group) is 1. The van der Waals surface area contributed by atoms with E-state index in [4.69, 9.17) is 5.73 Å². The third-order valence-electron chi connectivity index (χ3n) is 3.45. The molecular formula is C13H19N3O3S. The van der Waals surface area contributed by atoms with Gasteiger partial charge in [0.2, 0.25) is 15.9 Å². The van der Waals surface area contributed by atoms with Crippen molar-refractivity contribution < 1.29 is 13.2 Å². The van der Waals surface area contributed by atoms with Crippen LogP contribution in [0, 0.1) is 0 Å². The van der Waals surface area contributed by atoms with Crippen molar-refractivity contribution >= 4 is 15.9 Å². The molecule has 1 fully saturated rings. The van der Waals surface area contributed by atoms with Crippen LogP contribution in [-0.2, 0) is 21.4 Å². The molecule has 0 aromatic heterocycles. The summed E-state index contributed by atoms with van der Waals surface area (Å²) in [6, 6.07) is 6.65. The van der Waals surface area contributed by atoms with E-state index < -0.39 is 10.0 Å². The van der Waals surface area contributed by atoms with E-state index in [0.29, 0.717) is 25.1 Å². The molecule has 0 saturated carbocycles. The summed E-state index contributed by atoms with van der Waals surface area (Å²) in [5.41, 5.74) is 6.17. The average molecular weight is 297 g/mol. The molecule has 0 spiro atoms. The predicted octanol–water partition coefficient (Wildman–Crippen LogP) is -0.00190. The van der Waals surface area contributed by atoms with Crippen molar-refractivity contribution in [3.8, 4) is 0 Å². The van der Waals surface area contributed by atoms with Crippen LogP contribution >= 0.6 is 0 Å². The molecule has 6 nitrogen and oxygen atoms in total. The van der Waals surface area contributed by atoms with Gasteiger partial charge in [0, 0.05) is 26.7 Å². The fourth-order valence-corrected chi connectivity index (χ4v) is 3.89. The Hall–Kier alpha value is -1.44. The summed E-state index contributed by atoms with van der Waals surface area (Å²) in [4.78, 5) is 13.6. The zero-order chi connectivity index (χ0) is 14.8. The lowest BCUT2D eigenvalue weighted by Crippen LogP contribution is -2.38. The Balaban J connectivity index is 2.37. The monoisotopic (exact) mass is 297 g/mol. The topological polar surface area (TPSA) is 83.7 Å². The highest BCUT2D eigenvalue weighted by molar-refractivity contribution is 7.89. The first-order chi connectivity index (χ1) is 9.46. The van der Waals surface area contributed by atoms with Gasteiger partial charge in [-0.25, -0.2) is 8.42 Å². The number of amides is 1. The van der Waals surface area contributed by atoms with Gasteiger partial charge in [0.1, 0.15) is 0 Å². The maximum atomic E-state index is 12.7. The van der Waals surface area contributed by atoms with E-state index in [1.54, 1.807) is 30.1 Å². The van der Waals surface area contributed by atoms with Crippen LogP contribution in [-0.4, -0.2) is 50.2 Å². The second-order valence-electron chi connectivity index (χ2n) is 4.82. The molecule has 110 valence electrons. The highest BCUT2D eigenvalue weighted by Crippen LogP contribution is 2.21. The molecule has 0 bridgehead atoms. The summed E-state index contributed by atoms with van der Waals surface area (Å²) in [6.45, 7) is 0.954. The first-order valence-electron chi connectivity index (χ1n) is 6.49. The molecule has 1 aliphatic rings. The first kappa shape index (κ1) is 15.0. The van der Waals surface area contributed by atoms with Gasteiger partial charge in [0.25, 0.3) is 0 Å². The van der Waals surface area contributed by atoms with E-state index in [9.17, 15) is 13.2 Å². The minimum Gasteiger partial charge on any atom is -0.345 e. The van der Waals surface area contributed by atoms with Crippen molar-refractivity contribution in [3.63, 3.8) is 0 Å². The van der Waals surface area contributed by atoms with Crippen LogP contribution in [0.1, 0.15) is 12.0 Å². The van der Waals surface area contributed by atoms with Gasteiger partial charge < -0.3 is 10.6 Å². The number of rotatable bonds is 3. The van der Waals surface area contributed by atoms with Gasteiger partial charge >= 0.3 is 0 Å². The zero-order valence-corrected chi connectivity index (χ0v) is 12.3. The lowest BCUT2D eigenvalue weighted by molar-refractivity contribution is -0.129. The van der Waals surface area contributed by atoms with Crippen LogP contribution in [0.5, 0.6) is 0 Å². The number of hydrogen-bond donors (Lipinski definition) is 1. The molecule has 2 rings (SSSR count). The third-order valence-corrected chi connectivity index (χ3v) is 5.39. The second kappa shape index (κ2) is 5.90. The van der Waals surface area contributed by atoms with E-state index in [-0.39, 0.29) is 23.9 Å². The predicted molar refractivity (Wildman–Crippen MR) is 75.3 cm³/mol. The fourth-order valence-electron chi connectivity index (χ4n) is 2.23. The SMILES string of the molecule is CN1CCCN(S(=O)(=O)c2ccccc2CN)CC1=O. The minimum absolute atomic E-state index is 0.113. The zero-order valence-electron chi connectivity index (χ0n) is 11.4. The molecule has 2 N–H and O–H groups in total. The number of hydrogen-bond acceptors (Lipinski definition) is 4. The van der Waals surface area contributed by atoms with Crippen LogP contribution in [0.3, 0.4) is 0 Å². The van der Waals surface area contributed by atoms with E-state index in [1.165, 1.54) is 10.4 Å². The molecule has 0 aliphatic carbocycles.